The molecule has 1 radical (unpaired) electrons. The van der Waals surface area contributed by atoms with Gasteiger partial charge in [-0.25, -0.2) is 0 Å². The molecule has 0 spiro atoms. The third kappa shape index (κ3) is 13.9. The normalized spacial score (nSPS) is 15.8. The van der Waals surface area contributed by atoms with E-state index in [2.05, 4.69) is 41.5 Å². The van der Waals surface area contributed by atoms with Crippen LogP contribution in [0.4, 0.5) is 0 Å². The number of carboxylic acid groups (broad SMARTS) is 2. The standard InChI is InChI=1S/2C16H32O2.Co/c2*1-5-9-11-12-14(7-3)16(8-4,15(17)18)13-10-6-2;/h2*14H,5-13H2,1-4H3,(H,17,18);/q;;+2/p-2. The van der Waals surface area contributed by atoms with Crippen molar-refractivity contribution in [1.29, 1.82) is 0 Å². The quantitative estimate of drug-likeness (QED) is 0.124. The summed E-state index contributed by atoms with van der Waals surface area (Å²) in [4.78, 5) is 23.4. The van der Waals surface area contributed by atoms with E-state index < -0.39 is 22.8 Å². The van der Waals surface area contributed by atoms with E-state index in [4.69, 9.17) is 0 Å². The fourth-order valence-electron chi connectivity index (χ4n) is 6.17. The van der Waals surface area contributed by atoms with Gasteiger partial charge in [-0.15, -0.1) is 0 Å². The Hall–Kier alpha value is -0.554. The van der Waals surface area contributed by atoms with Crippen molar-refractivity contribution in [3.05, 3.63) is 0 Å². The molecule has 0 aromatic rings. The molecule has 0 N–H and O–H groups in total. The first-order chi connectivity index (χ1) is 17.2. The molecule has 0 aromatic heterocycles. The first-order valence-corrected chi connectivity index (χ1v) is 15.6. The summed E-state index contributed by atoms with van der Waals surface area (Å²) in [5.41, 5.74) is -1.17. The molecule has 5 heteroatoms. The number of hydrogen-bond acceptors (Lipinski definition) is 4. The van der Waals surface area contributed by atoms with Crippen LogP contribution in [0.3, 0.4) is 0 Å². The van der Waals surface area contributed by atoms with Gasteiger partial charge in [0, 0.05) is 22.8 Å². The van der Waals surface area contributed by atoms with E-state index >= 15 is 0 Å². The molecule has 4 nitrogen and oxygen atoms in total. The fraction of sp³-hybridized carbons (Fsp3) is 0.938. The number of carboxylic acids is 2. The number of carbonyl (C=O) groups is 2. The van der Waals surface area contributed by atoms with Gasteiger partial charge in [0.1, 0.15) is 0 Å². The zero-order valence-corrected chi connectivity index (χ0v) is 26.9. The molecule has 0 aliphatic heterocycles. The fourth-order valence-corrected chi connectivity index (χ4v) is 6.17. The molecule has 223 valence electrons. The Balaban J connectivity index is -0.000000608. The van der Waals surface area contributed by atoms with Crippen LogP contribution < -0.4 is 10.2 Å². The van der Waals surface area contributed by atoms with Gasteiger partial charge in [0.2, 0.25) is 0 Å². The van der Waals surface area contributed by atoms with Gasteiger partial charge in [-0.2, -0.15) is 0 Å². The summed E-state index contributed by atoms with van der Waals surface area (Å²) >= 11 is 0. The predicted octanol–water partition coefficient (Wildman–Crippen LogP) is 7.86. The van der Waals surface area contributed by atoms with Crippen molar-refractivity contribution in [2.24, 2.45) is 22.7 Å². The predicted molar refractivity (Wildman–Crippen MR) is 150 cm³/mol. The summed E-state index contributed by atoms with van der Waals surface area (Å²) in [6.07, 6.45) is 18.2. The number of hydrogen-bond donors (Lipinski definition) is 0. The zero-order valence-electron chi connectivity index (χ0n) is 25.8. The first-order valence-electron chi connectivity index (χ1n) is 15.6. The second-order valence-electron chi connectivity index (χ2n) is 11.0. The maximum absolute atomic E-state index is 11.7. The van der Waals surface area contributed by atoms with Crippen molar-refractivity contribution in [2.75, 3.05) is 0 Å². The maximum atomic E-state index is 11.7. The average Bonchev–Trinajstić information content (AvgIpc) is 2.87. The molecule has 0 saturated heterocycles. The van der Waals surface area contributed by atoms with Gasteiger partial charge >= 0.3 is 16.8 Å². The monoisotopic (exact) mass is 569 g/mol. The van der Waals surface area contributed by atoms with Gasteiger partial charge in [-0.05, 0) is 50.4 Å². The van der Waals surface area contributed by atoms with E-state index in [1.54, 1.807) is 0 Å². The first kappa shape index (κ1) is 40.9. The largest absolute Gasteiger partial charge is 2.00 e. The van der Waals surface area contributed by atoms with Gasteiger partial charge < -0.3 is 19.8 Å². The molecule has 4 atom stereocenters. The minimum absolute atomic E-state index is 0. The Morgan fingerprint density at radius 1 is 0.541 bits per heavy atom. The molecule has 0 aliphatic carbocycles. The van der Waals surface area contributed by atoms with Crippen molar-refractivity contribution < 1.29 is 36.6 Å². The second-order valence-corrected chi connectivity index (χ2v) is 11.0. The van der Waals surface area contributed by atoms with Crippen molar-refractivity contribution >= 4 is 11.9 Å². The molecule has 0 aliphatic rings. The minimum Gasteiger partial charge on any atom is -0.550 e. The molecule has 0 heterocycles. The van der Waals surface area contributed by atoms with Gasteiger partial charge in [0.05, 0.1) is 0 Å². The van der Waals surface area contributed by atoms with E-state index in [9.17, 15) is 19.8 Å². The van der Waals surface area contributed by atoms with Crippen LogP contribution in [-0.4, -0.2) is 11.9 Å². The van der Waals surface area contributed by atoms with E-state index in [0.29, 0.717) is 12.8 Å². The van der Waals surface area contributed by atoms with Gasteiger partial charge in [0.25, 0.3) is 0 Å². The maximum Gasteiger partial charge on any atom is 2.00 e. The Morgan fingerprint density at radius 2 is 0.838 bits per heavy atom. The van der Waals surface area contributed by atoms with Crippen LogP contribution in [0.1, 0.15) is 171 Å². The van der Waals surface area contributed by atoms with Gasteiger partial charge in [-0.1, -0.05) is 132 Å². The Labute approximate surface area is 241 Å². The number of carbonyl (C=O) groups excluding carboxylic acids is 2. The van der Waals surface area contributed by atoms with Crippen LogP contribution in [-0.2, 0) is 26.4 Å². The molecular formula is C32H62CoO4. The SMILES string of the molecule is CCCCCC(CC)C(CC)(CCCC)C(=O)[O-].CCCCCC(CC)C(CC)(CCCC)C(=O)[O-].[Co+2]. The molecule has 0 saturated carbocycles. The van der Waals surface area contributed by atoms with Gasteiger partial charge in [-0.3, -0.25) is 0 Å². The Bertz CT molecular complexity index is 505. The molecular weight excluding hydrogens is 507 g/mol. The minimum atomic E-state index is -0.818. The Kier molecular flexibility index (Phi) is 27.1. The topological polar surface area (TPSA) is 80.3 Å². The molecule has 4 unspecified atom stereocenters. The van der Waals surface area contributed by atoms with E-state index in [-0.39, 0.29) is 28.6 Å². The molecule has 0 amide bonds. The summed E-state index contributed by atoms with van der Waals surface area (Å²) in [6, 6.07) is 0. The van der Waals surface area contributed by atoms with Crippen LogP contribution >= 0.6 is 0 Å². The van der Waals surface area contributed by atoms with E-state index in [1.165, 1.54) is 25.7 Å². The van der Waals surface area contributed by atoms with Crippen molar-refractivity contribution in [2.45, 2.75) is 171 Å². The summed E-state index contributed by atoms with van der Waals surface area (Å²) in [5, 5.41) is 23.4. The second kappa shape index (κ2) is 24.5. The third-order valence-electron chi connectivity index (χ3n) is 8.89. The van der Waals surface area contributed by atoms with Gasteiger partial charge in [0.15, 0.2) is 0 Å². The zero-order chi connectivity index (χ0) is 28.0. The van der Waals surface area contributed by atoms with Crippen LogP contribution in [0.5, 0.6) is 0 Å². The number of rotatable bonds is 22. The Morgan fingerprint density at radius 3 is 1.03 bits per heavy atom. The van der Waals surface area contributed by atoms with E-state index in [0.717, 1.165) is 77.0 Å². The number of aliphatic carboxylic acids is 2. The van der Waals surface area contributed by atoms with Crippen LogP contribution in [0.25, 0.3) is 0 Å². The van der Waals surface area contributed by atoms with Crippen molar-refractivity contribution in [3.63, 3.8) is 0 Å². The molecule has 0 fully saturated rings. The van der Waals surface area contributed by atoms with Crippen LogP contribution in [0, 0.1) is 22.7 Å². The van der Waals surface area contributed by atoms with Crippen LogP contribution in [0.2, 0.25) is 0 Å². The average molecular weight is 570 g/mol. The van der Waals surface area contributed by atoms with Crippen LogP contribution in [0.15, 0.2) is 0 Å². The molecule has 37 heavy (non-hydrogen) atoms. The third-order valence-corrected chi connectivity index (χ3v) is 8.89. The molecule has 0 bridgehead atoms. The molecule has 0 aromatic carbocycles. The van der Waals surface area contributed by atoms with E-state index in [1.807, 2.05) is 13.8 Å². The molecule has 0 rings (SSSR count). The summed E-state index contributed by atoms with van der Waals surface area (Å²) < 4.78 is 0. The summed E-state index contributed by atoms with van der Waals surface area (Å²) in [6.45, 7) is 16.9. The smallest absolute Gasteiger partial charge is 0.550 e. The number of unbranched alkanes of at least 4 members (excludes halogenated alkanes) is 6. The summed E-state index contributed by atoms with van der Waals surface area (Å²) in [7, 11) is 0. The van der Waals surface area contributed by atoms with Crippen molar-refractivity contribution in [3.8, 4) is 0 Å². The summed E-state index contributed by atoms with van der Waals surface area (Å²) in [5.74, 6) is -1.07. The van der Waals surface area contributed by atoms with Crippen molar-refractivity contribution in [1.82, 2.24) is 0 Å².